The smallest absolute Gasteiger partial charge is 0.132 e. The minimum Gasteiger partial charge on any atom is -0.464 e. The van der Waals surface area contributed by atoms with Crippen LogP contribution in [0.2, 0.25) is 0 Å². The van der Waals surface area contributed by atoms with Crippen LogP contribution in [0.3, 0.4) is 0 Å². The molecule has 1 unspecified atom stereocenters. The zero-order valence-corrected chi connectivity index (χ0v) is 12.6. The Morgan fingerprint density at radius 2 is 1.95 bits per heavy atom. The van der Waals surface area contributed by atoms with Crippen molar-refractivity contribution in [3.8, 4) is 5.75 Å². The standard InChI is InChI=1S/C19H18O3/c1-12-6-3-4-7-14(12)17-11-22-18-9-5-8-15(13(2)21)19(18)16(17)10-20/h3-11,13,16,21H,1-2H3/t13?,16-/m0/s1. The van der Waals surface area contributed by atoms with Gasteiger partial charge in [0.15, 0.2) is 0 Å². The third-order valence-electron chi connectivity index (χ3n) is 4.10. The van der Waals surface area contributed by atoms with Crippen molar-refractivity contribution in [2.45, 2.75) is 25.9 Å². The van der Waals surface area contributed by atoms with Crippen molar-refractivity contribution in [2.75, 3.05) is 0 Å². The molecule has 1 aliphatic rings. The summed E-state index contributed by atoms with van der Waals surface area (Å²) >= 11 is 0. The Hall–Kier alpha value is -2.39. The summed E-state index contributed by atoms with van der Waals surface area (Å²) in [4.78, 5) is 11.8. The second-order valence-electron chi connectivity index (χ2n) is 5.55. The zero-order chi connectivity index (χ0) is 15.7. The molecular weight excluding hydrogens is 276 g/mol. The van der Waals surface area contributed by atoms with Crippen LogP contribution in [0.15, 0.2) is 48.7 Å². The van der Waals surface area contributed by atoms with Gasteiger partial charge in [-0.1, -0.05) is 36.4 Å². The summed E-state index contributed by atoms with van der Waals surface area (Å²) in [6, 6.07) is 13.4. The van der Waals surface area contributed by atoms with Gasteiger partial charge in [-0.2, -0.15) is 0 Å². The molecule has 3 nitrogen and oxygen atoms in total. The number of aryl methyl sites for hydroxylation is 1. The van der Waals surface area contributed by atoms with Crippen LogP contribution in [0.1, 0.15) is 41.2 Å². The van der Waals surface area contributed by atoms with Gasteiger partial charge in [-0.15, -0.1) is 0 Å². The van der Waals surface area contributed by atoms with Crippen LogP contribution >= 0.6 is 0 Å². The Morgan fingerprint density at radius 1 is 1.18 bits per heavy atom. The molecule has 2 atom stereocenters. The SMILES string of the molecule is Cc1ccccc1C1=COc2cccc(C(C)O)c2[C@H]1C=O. The molecule has 1 aliphatic heterocycles. The third kappa shape index (κ3) is 2.34. The van der Waals surface area contributed by atoms with Crippen molar-refractivity contribution in [2.24, 2.45) is 0 Å². The molecule has 0 radical (unpaired) electrons. The van der Waals surface area contributed by atoms with Gasteiger partial charge in [0.1, 0.15) is 12.0 Å². The lowest BCUT2D eigenvalue weighted by Crippen LogP contribution is -2.15. The number of aliphatic hydroxyl groups is 1. The molecule has 112 valence electrons. The number of aldehydes is 1. The summed E-state index contributed by atoms with van der Waals surface area (Å²) in [5.41, 5.74) is 4.39. The molecule has 0 bridgehead atoms. The van der Waals surface area contributed by atoms with E-state index >= 15 is 0 Å². The van der Waals surface area contributed by atoms with E-state index < -0.39 is 12.0 Å². The van der Waals surface area contributed by atoms with Crippen LogP contribution in [-0.2, 0) is 4.79 Å². The number of hydrogen-bond acceptors (Lipinski definition) is 3. The summed E-state index contributed by atoms with van der Waals surface area (Å²) in [5, 5.41) is 10.0. The van der Waals surface area contributed by atoms with Crippen LogP contribution < -0.4 is 4.74 Å². The van der Waals surface area contributed by atoms with E-state index in [-0.39, 0.29) is 0 Å². The quantitative estimate of drug-likeness (QED) is 0.877. The number of benzene rings is 2. The summed E-state index contributed by atoms with van der Waals surface area (Å²) in [5.74, 6) is 0.198. The van der Waals surface area contributed by atoms with E-state index in [0.717, 1.165) is 34.1 Å². The van der Waals surface area contributed by atoms with Gasteiger partial charge in [-0.3, -0.25) is 0 Å². The number of rotatable bonds is 3. The normalized spacial score (nSPS) is 18.0. The summed E-state index contributed by atoms with van der Waals surface area (Å²) in [7, 11) is 0. The molecule has 1 heterocycles. The number of allylic oxidation sites excluding steroid dienone is 1. The average molecular weight is 294 g/mol. The first-order chi connectivity index (χ1) is 10.6. The average Bonchev–Trinajstić information content (AvgIpc) is 2.53. The lowest BCUT2D eigenvalue weighted by atomic mass is 9.82. The predicted molar refractivity (Wildman–Crippen MR) is 85.7 cm³/mol. The first-order valence-electron chi connectivity index (χ1n) is 7.32. The molecule has 0 fully saturated rings. The number of carbonyl (C=O) groups is 1. The second kappa shape index (κ2) is 5.78. The van der Waals surface area contributed by atoms with Crippen molar-refractivity contribution in [3.05, 3.63) is 71.0 Å². The van der Waals surface area contributed by atoms with Gasteiger partial charge >= 0.3 is 0 Å². The molecule has 0 saturated carbocycles. The summed E-state index contributed by atoms with van der Waals surface area (Å²) in [6.07, 6.45) is 1.92. The van der Waals surface area contributed by atoms with Gasteiger partial charge < -0.3 is 14.6 Å². The molecule has 1 N–H and O–H groups in total. The lowest BCUT2D eigenvalue weighted by Gasteiger charge is -2.27. The maximum Gasteiger partial charge on any atom is 0.132 e. The van der Waals surface area contributed by atoms with Gasteiger partial charge in [0.2, 0.25) is 0 Å². The molecule has 3 heteroatoms. The number of aliphatic hydroxyl groups excluding tert-OH is 1. The van der Waals surface area contributed by atoms with E-state index in [1.54, 1.807) is 13.2 Å². The van der Waals surface area contributed by atoms with E-state index in [0.29, 0.717) is 5.75 Å². The maximum atomic E-state index is 11.8. The molecule has 0 amide bonds. The monoisotopic (exact) mass is 294 g/mol. The highest BCUT2D eigenvalue weighted by Crippen LogP contribution is 2.43. The van der Waals surface area contributed by atoms with E-state index in [1.807, 2.05) is 49.4 Å². The Balaban J connectivity index is 2.17. The zero-order valence-electron chi connectivity index (χ0n) is 12.6. The van der Waals surface area contributed by atoms with Gasteiger partial charge in [0, 0.05) is 11.1 Å². The Bertz CT molecular complexity index is 744. The van der Waals surface area contributed by atoms with Gasteiger partial charge in [-0.05, 0) is 36.6 Å². The van der Waals surface area contributed by atoms with Crippen molar-refractivity contribution in [3.63, 3.8) is 0 Å². The summed E-state index contributed by atoms with van der Waals surface area (Å²) < 4.78 is 5.74. The Kier molecular flexibility index (Phi) is 3.82. The van der Waals surface area contributed by atoms with Gasteiger partial charge in [-0.25, -0.2) is 0 Å². The molecule has 2 aromatic rings. The lowest BCUT2D eigenvalue weighted by molar-refractivity contribution is -0.108. The molecule has 2 aromatic carbocycles. The fourth-order valence-electron chi connectivity index (χ4n) is 2.99. The molecule has 3 rings (SSSR count). The molecule has 0 saturated heterocycles. The molecular formula is C19H18O3. The molecule has 22 heavy (non-hydrogen) atoms. The van der Waals surface area contributed by atoms with Crippen molar-refractivity contribution in [1.29, 1.82) is 0 Å². The van der Waals surface area contributed by atoms with Crippen molar-refractivity contribution in [1.82, 2.24) is 0 Å². The molecule has 0 aliphatic carbocycles. The van der Waals surface area contributed by atoms with E-state index in [1.165, 1.54) is 0 Å². The third-order valence-corrected chi connectivity index (χ3v) is 4.10. The van der Waals surface area contributed by atoms with E-state index in [9.17, 15) is 9.90 Å². The van der Waals surface area contributed by atoms with Crippen molar-refractivity contribution < 1.29 is 14.6 Å². The first-order valence-corrected chi connectivity index (χ1v) is 7.32. The first kappa shape index (κ1) is 14.5. The fraction of sp³-hybridized carbons (Fsp3) is 0.211. The van der Waals surface area contributed by atoms with E-state index in [4.69, 9.17) is 4.74 Å². The molecule has 0 aromatic heterocycles. The molecule has 0 spiro atoms. The number of carbonyl (C=O) groups excluding carboxylic acids is 1. The minimum atomic E-state index is -0.655. The van der Waals surface area contributed by atoms with E-state index in [2.05, 4.69) is 0 Å². The highest BCUT2D eigenvalue weighted by atomic mass is 16.5. The van der Waals surface area contributed by atoms with Crippen LogP contribution in [0.4, 0.5) is 0 Å². The van der Waals surface area contributed by atoms with Gasteiger partial charge in [0.05, 0.1) is 18.3 Å². The largest absolute Gasteiger partial charge is 0.464 e. The van der Waals surface area contributed by atoms with Crippen LogP contribution in [0.25, 0.3) is 5.57 Å². The highest BCUT2D eigenvalue weighted by Gasteiger charge is 2.29. The topological polar surface area (TPSA) is 46.5 Å². The van der Waals surface area contributed by atoms with Crippen LogP contribution in [0, 0.1) is 6.92 Å². The summed E-state index contributed by atoms with van der Waals surface area (Å²) in [6.45, 7) is 3.71. The Morgan fingerprint density at radius 3 is 2.64 bits per heavy atom. The number of ether oxygens (including phenoxy) is 1. The van der Waals surface area contributed by atoms with Crippen LogP contribution in [-0.4, -0.2) is 11.4 Å². The van der Waals surface area contributed by atoms with Crippen LogP contribution in [0.5, 0.6) is 5.75 Å². The second-order valence-corrected chi connectivity index (χ2v) is 5.55. The van der Waals surface area contributed by atoms with Crippen molar-refractivity contribution >= 4 is 11.9 Å². The minimum absolute atomic E-state index is 0.435. The number of hydrogen-bond donors (Lipinski definition) is 1. The maximum absolute atomic E-state index is 11.8. The number of fused-ring (bicyclic) bond motifs is 1. The Labute approximate surface area is 129 Å². The fourth-order valence-corrected chi connectivity index (χ4v) is 2.99. The van der Waals surface area contributed by atoms with Gasteiger partial charge in [0.25, 0.3) is 0 Å². The highest BCUT2D eigenvalue weighted by molar-refractivity contribution is 5.89. The predicted octanol–water partition coefficient (Wildman–Crippen LogP) is 3.76.